The zero-order valence-electron chi connectivity index (χ0n) is 18.3. The van der Waals surface area contributed by atoms with Gasteiger partial charge in [0, 0.05) is 28.1 Å². The third-order valence-electron chi connectivity index (χ3n) is 5.77. The van der Waals surface area contributed by atoms with Crippen LogP contribution in [0.5, 0.6) is 0 Å². The lowest BCUT2D eigenvalue weighted by molar-refractivity contribution is -0.384. The molecule has 0 fully saturated rings. The minimum atomic E-state index is -0.398. The fraction of sp³-hybridized carbons (Fsp3) is 0.0385. The van der Waals surface area contributed by atoms with Gasteiger partial charge in [-0.25, -0.2) is 9.97 Å². The summed E-state index contributed by atoms with van der Waals surface area (Å²) in [6, 6.07) is 24.9. The van der Waals surface area contributed by atoms with E-state index in [4.69, 9.17) is 0 Å². The standard InChI is InChI=1S/C26H18N6O2S/c33-32(34)21-9-6-18(7-10-21)24-13-22-25(27-16-28-26(22)35-24)30-20-8-11-23-19(12-20)14-29-31(23)15-17-4-2-1-3-5-17/h1-14,16H,15H2,(H,27,28,30). The van der Waals surface area contributed by atoms with Crippen LogP contribution in [-0.4, -0.2) is 24.7 Å². The van der Waals surface area contributed by atoms with Gasteiger partial charge in [0.2, 0.25) is 0 Å². The first kappa shape index (κ1) is 20.9. The minimum absolute atomic E-state index is 0.0690. The molecule has 6 aromatic rings. The lowest BCUT2D eigenvalue weighted by Gasteiger charge is -2.08. The molecule has 0 aliphatic heterocycles. The number of aromatic nitrogens is 4. The molecule has 0 amide bonds. The Kier molecular flexibility index (Phi) is 5.16. The van der Waals surface area contributed by atoms with Gasteiger partial charge in [-0.1, -0.05) is 30.3 Å². The number of hydrogen-bond acceptors (Lipinski definition) is 7. The number of nitro benzene ring substituents is 1. The zero-order chi connectivity index (χ0) is 23.8. The predicted octanol–water partition coefficient (Wildman–Crippen LogP) is 6.41. The van der Waals surface area contributed by atoms with E-state index in [2.05, 4.69) is 44.6 Å². The van der Waals surface area contributed by atoms with Crippen LogP contribution in [0.2, 0.25) is 0 Å². The van der Waals surface area contributed by atoms with Crippen molar-refractivity contribution in [1.29, 1.82) is 0 Å². The number of anilines is 2. The highest BCUT2D eigenvalue weighted by Crippen LogP contribution is 2.36. The summed E-state index contributed by atoms with van der Waals surface area (Å²) in [5.41, 5.74) is 4.13. The maximum absolute atomic E-state index is 10.9. The number of nitro groups is 1. The average molecular weight is 479 g/mol. The topological polar surface area (TPSA) is 98.8 Å². The van der Waals surface area contributed by atoms with E-state index in [1.54, 1.807) is 12.1 Å². The summed E-state index contributed by atoms with van der Waals surface area (Å²) in [6.45, 7) is 0.712. The molecule has 0 spiro atoms. The molecule has 0 atom stereocenters. The van der Waals surface area contributed by atoms with Crippen LogP contribution in [0.3, 0.4) is 0 Å². The Labute approximate surface area is 203 Å². The summed E-state index contributed by atoms with van der Waals surface area (Å²) in [5.74, 6) is 0.704. The van der Waals surface area contributed by atoms with Gasteiger partial charge in [-0.3, -0.25) is 14.8 Å². The zero-order valence-corrected chi connectivity index (χ0v) is 19.1. The maximum Gasteiger partial charge on any atom is 0.269 e. The fourth-order valence-corrected chi connectivity index (χ4v) is 5.03. The van der Waals surface area contributed by atoms with Crippen molar-refractivity contribution in [2.24, 2.45) is 0 Å². The van der Waals surface area contributed by atoms with Gasteiger partial charge in [0.05, 0.1) is 28.6 Å². The Hall–Kier alpha value is -4.63. The van der Waals surface area contributed by atoms with Crippen molar-refractivity contribution in [3.63, 3.8) is 0 Å². The molecule has 0 aliphatic rings. The van der Waals surface area contributed by atoms with E-state index in [0.717, 1.165) is 37.2 Å². The smallest absolute Gasteiger partial charge is 0.269 e. The van der Waals surface area contributed by atoms with Crippen molar-refractivity contribution in [1.82, 2.24) is 19.7 Å². The molecule has 9 heteroatoms. The predicted molar refractivity (Wildman–Crippen MR) is 138 cm³/mol. The van der Waals surface area contributed by atoms with Crippen LogP contribution in [0.4, 0.5) is 17.2 Å². The van der Waals surface area contributed by atoms with Crippen molar-refractivity contribution >= 4 is 49.6 Å². The second kappa shape index (κ2) is 8.62. The van der Waals surface area contributed by atoms with Crippen LogP contribution in [0.15, 0.2) is 91.4 Å². The quantitative estimate of drug-likeness (QED) is 0.219. The highest BCUT2D eigenvalue weighted by Gasteiger charge is 2.13. The monoisotopic (exact) mass is 478 g/mol. The molecule has 0 saturated carbocycles. The molecular weight excluding hydrogens is 460 g/mol. The third-order valence-corrected chi connectivity index (χ3v) is 6.86. The number of thiophene rings is 1. The molecule has 0 bridgehead atoms. The number of hydrogen-bond donors (Lipinski definition) is 1. The van der Waals surface area contributed by atoms with Crippen LogP contribution < -0.4 is 5.32 Å². The SMILES string of the molecule is O=[N+]([O-])c1ccc(-c2cc3c(Nc4ccc5c(cnn5Cc5ccccc5)c4)ncnc3s2)cc1. The highest BCUT2D eigenvalue weighted by molar-refractivity contribution is 7.21. The molecule has 0 saturated heterocycles. The van der Waals surface area contributed by atoms with Gasteiger partial charge in [-0.2, -0.15) is 5.10 Å². The molecule has 0 aliphatic carbocycles. The van der Waals surface area contributed by atoms with Crippen LogP contribution in [-0.2, 0) is 6.54 Å². The number of non-ortho nitro benzene ring substituents is 1. The number of rotatable bonds is 6. The third kappa shape index (κ3) is 4.09. The Morgan fingerprint density at radius 1 is 0.971 bits per heavy atom. The van der Waals surface area contributed by atoms with E-state index in [9.17, 15) is 10.1 Å². The summed E-state index contributed by atoms with van der Waals surface area (Å²) in [4.78, 5) is 21.2. The first-order chi connectivity index (χ1) is 17.1. The van der Waals surface area contributed by atoms with E-state index in [1.165, 1.54) is 35.4 Å². The van der Waals surface area contributed by atoms with Gasteiger partial charge in [0.25, 0.3) is 5.69 Å². The van der Waals surface area contributed by atoms with Gasteiger partial charge in [0.15, 0.2) is 0 Å². The summed E-state index contributed by atoms with van der Waals surface area (Å²) < 4.78 is 1.99. The number of fused-ring (bicyclic) bond motifs is 2. The molecule has 1 N–H and O–H groups in total. The van der Waals surface area contributed by atoms with E-state index >= 15 is 0 Å². The molecule has 3 aromatic heterocycles. The second-order valence-electron chi connectivity index (χ2n) is 8.04. The van der Waals surface area contributed by atoms with Crippen LogP contribution in [0.1, 0.15) is 5.56 Å². The van der Waals surface area contributed by atoms with E-state index in [0.29, 0.717) is 12.4 Å². The van der Waals surface area contributed by atoms with Gasteiger partial charge in [-0.15, -0.1) is 11.3 Å². The van der Waals surface area contributed by atoms with Crippen LogP contribution in [0, 0.1) is 10.1 Å². The van der Waals surface area contributed by atoms with Crippen molar-refractivity contribution < 1.29 is 4.92 Å². The molecule has 0 radical (unpaired) electrons. The summed E-state index contributed by atoms with van der Waals surface area (Å²) in [7, 11) is 0. The summed E-state index contributed by atoms with van der Waals surface area (Å²) >= 11 is 1.52. The van der Waals surface area contributed by atoms with E-state index in [1.807, 2.05) is 41.2 Å². The Balaban J connectivity index is 1.29. The van der Waals surface area contributed by atoms with Gasteiger partial charge >= 0.3 is 0 Å². The summed E-state index contributed by atoms with van der Waals surface area (Å²) in [5, 5.41) is 20.9. The van der Waals surface area contributed by atoms with Crippen molar-refractivity contribution in [3.8, 4) is 10.4 Å². The number of nitrogens with one attached hydrogen (secondary N) is 1. The normalized spacial score (nSPS) is 11.2. The molecular formula is C26H18N6O2S. The number of nitrogens with zero attached hydrogens (tertiary/aromatic N) is 5. The molecule has 6 rings (SSSR count). The second-order valence-corrected chi connectivity index (χ2v) is 9.07. The van der Waals surface area contributed by atoms with Crippen LogP contribution >= 0.6 is 11.3 Å². The largest absolute Gasteiger partial charge is 0.340 e. The Morgan fingerprint density at radius 2 is 1.80 bits per heavy atom. The molecule has 3 aromatic carbocycles. The summed E-state index contributed by atoms with van der Waals surface area (Å²) in [6.07, 6.45) is 3.41. The van der Waals surface area contributed by atoms with Gasteiger partial charge < -0.3 is 5.32 Å². The van der Waals surface area contributed by atoms with E-state index in [-0.39, 0.29) is 5.69 Å². The molecule has 0 unspecified atom stereocenters. The van der Waals surface area contributed by atoms with Crippen molar-refractivity contribution in [2.45, 2.75) is 6.54 Å². The van der Waals surface area contributed by atoms with Crippen molar-refractivity contribution in [3.05, 3.63) is 107 Å². The van der Waals surface area contributed by atoms with Gasteiger partial charge in [0.1, 0.15) is 17.0 Å². The molecule has 170 valence electrons. The molecule has 35 heavy (non-hydrogen) atoms. The lowest BCUT2D eigenvalue weighted by Crippen LogP contribution is -2.01. The highest BCUT2D eigenvalue weighted by atomic mass is 32.1. The van der Waals surface area contributed by atoms with Gasteiger partial charge in [-0.05, 0) is 47.5 Å². The Morgan fingerprint density at radius 3 is 2.60 bits per heavy atom. The fourth-order valence-electron chi connectivity index (χ4n) is 4.03. The first-order valence-corrected chi connectivity index (χ1v) is 11.7. The minimum Gasteiger partial charge on any atom is -0.340 e. The molecule has 8 nitrogen and oxygen atoms in total. The van der Waals surface area contributed by atoms with Crippen LogP contribution in [0.25, 0.3) is 31.6 Å². The van der Waals surface area contributed by atoms with E-state index < -0.39 is 4.92 Å². The average Bonchev–Trinajstić information content (AvgIpc) is 3.50. The van der Waals surface area contributed by atoms with Crippen molar-refractivity contribution in [2.75, 3.05) is 5.32 Å². The lowest BCUT2D eigenvalue weighted by atomic mass is 10.1. The Bertz CT molecular complexity index is 1680. The maximum atomic E-state index is 10.9. The molecule has 3 heterocycles. The first-order valence-electron chi connectivity index (χ1n) is 10.9. The number of benzene rings is 3.